The van der Waals surface area contributed by atoms with Gasteiger partial charge in [0.2, 0.25) is 0 Å². The van der Waals surface area contributed by atoms with Crippen molar-refractivity contribution in [1.29, 1.82) is 0 Å². The normalized spacial score (nSPS) is 12.9. The Morgan fingerprint density at radius 1 is 1.24 bits per heavy atom. The second kappa shape index (κ2) is 6.14. The topological polar surface area (TPSA) is 34.8 Å². The summed E-state index contributed by atoms with van der Waals surface area (Å²) in [6.45, 7) is 7.22. The van der Waals surface area contributed by atoms with E-state index in [1.807, 2.05) is 23.1 Å². The van der Waals surface area contributed by atoms with E-state index in [9.17, 15) is 0 Å². The van der Waals surface area contributed by atoms with E-state index >= 15 is 0 Å². The van der Waals surface area contributed by atoms with Crippen LogP contribution in [-0.2, 0) is 13.1 Å². The van der Waals surface area contributed by atoms with Crippen LogP contribution in [0.2, 0.25) is 0 Å². The summed E-state index contributed by atoms with van der Waals surface area (Å²) in [5.41, 5.74) is 2.63. The zero-order chi connectivity index (χ0) is 14.7. The lowest BCUT2D eigenvalue weighted by atomic mass is 10.2. The molecule has 0 saturated carbocycles. The molecule has 0 amide bonds. The highest BCUT2D eigenvalue weighted by molar-refractivity contribution is 5.81. The van der Waals surface area contributed by atoms with Gasteiger partial charge in [-0.25, -0.2) is 0 Å². The van der Waals surface area contributed by atoms with Crippen molar-refractivity contribution in [2.75, 3.05) is 6.54 Å². The van der Waals surface area contributed by atoms with Gasteiger partial charge >= 0.3 is 0 Å². The molecule has 1 aromatic carbocycles. The highest BCUT2D eigenvalue weighted by atomic mass is 15.3. The molecule has 21 heavy (non-hydrogen) atoms. The Balaban J connectivity index is 1.58. The van der Waals surface area contributed by atoms with Crippen LogP contribution in [-0.4, -0.2) is 26.9 Å². The second-order valence-electron chi connectivity index (χ2n) is 5.58. The van der Waals surface area contributed by atoms with Gasteiger partial charge in [-0.05, 0) is 37.4 Å². The largest absolute Gasteiger partial charge is 0.344 e. The van der Waals surface area contributed by atoms with Crippen LogP contribution in [0.1, 0.15) is 12.6 Å². The average Bonchev–Trinajstić information content (AvgIpc) is 3.07. The van der Waals surface area contributed by atoms with E-state index in [0.29, 0.717) is 6.04 Å². The third-order valence-electron chi connectivity index (χ3n) is 3.87. The molecule has 110 valence electrons. The number of benzene rings is 1. The molecular weight excluding hydrogens is 260 g/mol. The average molecular weight is 282 g/mol. The Kier molecular flexibility index (Phi) is 4.06. The molecule has 0 spiro atoms. The van der Waals surface area contributed by atoms with Gasteiger partial charge in [0, 0.05) is 42.7 Å². The summed E-state index contributed by atoms with van der Waals surface area (Å²) in [6, 6.07) is 13.2. The lowest BCUT2D eigenvalue weighted by Crippen LogP contribution is -2.33. The molecule has 1 N–H and O–H groups in total. The zero-order valence-corrected chi connectivity index (χ0v) is 12.7. The van der Waals surface area contributed by atoms with Crippen LogP contribution < -0.4 is 5.32 Å². The van der Waals surface area contributed by atoms with Gasteiger partial charge in [-0.15, -0.1) is 0 Å². The highest BCUT2D eigenvalue weighted by Gasteiger charge is 2.06. The van der Waals surface area contributed by atoms with E-state index in [4.69, 9.17) is 0 Å². The van der Waals surface area contributed by atoms with E-state index in [0.717, 1.165) is 19.6 Å². The number of para-hydroxylation sites is 1. The first kappa shape index (κ1) is 13.9. The molecule has 0 saturated heterocycles. The van der Waals surface area contributed by atoms with Crippen LogP contribution in [0.5, 0.6) is 0 Å². The molecule has 0 aliphatic rings. The minimum atomic E-state index is 0.409. The summed E-state index contributed by atoms with van der Waals surface area (Å²) < 4.78 is 4.34. The molecule has 3 rings (SSSR count). The van der Waals surface area contributed by atoms with Crippen molar-refractivity contribution in [2.45, 2.75) is 33.0 Å². The van der Waals surface area contributed by atoms with Crippen molar-refractivity contribution in [3.63, 3.8) is 0 Å². The fourth-order valence-corrected chi connectivity index (χ4v) is 2.82. The molecule has 2 aromatic heterocycles. The number of nitrogens with one attached hydrogen (secondary N) is 1. The second-order valence-corrected chi connectivity index (χ2v) is 5.58. The Morgan fingerprint density at radius 3 is 2.90 bits per heavy atom. The first-order chi connectivity index (χ1) is 10.2. The van der Waals surface area contributed by atoms with E-state index < -0.39 is 0 Å². The number of aryl methyl sites for hydroxylation is 1. The van der Waals surface area contributed by atoms with Crippen LogP contribution in [0.25, 0.3) is 10.9 Å². The van der Waals surface area contributed by atoms with Gasteiger partial charge in [-0.3, -0.25) is 4.68 Å². The molecule has 0 aliphatic heterocycles. The highest BCUT2D eigenvalue weighted by Crippen LogP contribution is 2.18. The van der Waals surface area contributed by atoms with Crippen molar-refractivity contribution >= 4 is 10.9 Å². The van der Waals surface area contributed by atoms with Gasteiger partial charge in [0.25, 0.3) is 0 Å². The SMILES string of the molecule is Cc1cc2ccccc2n1CCN[C@@H](C)Cn1cccn1. The van der Waals surface area contributed by atoms with Crippen molar-refractivity contribution in [2.24, 2.45) is 0 Å². The molecule has 0 radical (unpaired) electrons. The number of aromatic nitrogens is 3. The minimum Gasteiger partial charge on any atom is -0.344 e. The fourth-order valence-electron chi connectivity index (χ4n) is 2.82. The van der Waals surface area contributed by atoms with Gasteiger partial charge in [0.1, 0.15) is 0 Å². The van der Waals surface area contributed by atoms with Crippen LogP contribution in [0, 0.1) is 6.92 Å². The fraction of sp³-hybridized carbons (Fsp3) is 0.353. The maximum absolute atomic E-state index is 4.24. The molecule has 2 heterocycles. The van der Waals surface area contributed by atoms with Gasteiger partial charge < -0.3 is 9.88 Å². The van der Waals surface area contributed by atoms with Crippen molar-refractivity contribution in [3.05, 3.63) is 54.5 Å². The quantitative estimate of drug-likeness (QED) is 0.754. The third-order valence-corrected chi connectivity index (χ3v) is 3.87. The Morgan fingerprint density at radius 2 is 2.10 bits per heavy atom. The predicted octanol–water partition coefficient (Wildman–Crippen LogP) is 2.82. The van der Waals surface area contributed by atoms with Crippen molar-refractivity contribution in [1.82, 2.24) is 19.7 Å². The van der Waals surface area contributed by atoms with Gasteiger partial charge in [0.05, 0.1) is 6.54 Å². The number of nitrogens with zero attached hydrogens (tertiary/aromatic N) is 3. The van der Waals surface area contributed by atoms with Crippen molar-refractivity contribution in [3.8, 4) is 0 Å². The summed E-state index contributed by atoms with van der Waals surface area (Å²) in [4.78, 5) is 0. The summed E-state index contributed by atoms with van der Waals surface area (Å²) in [5.74, 6) is 0. The van der Waals surface area contributed by atoms with Crippen LogP contribution in [0.4, 0.5) is 0 Å². The summed E-state index contributed by atoms with van der Waals surface area (Å²) in [7, 11) is 0. The molecule has 1 atom stereocenters. The van der Waals surface area contributed by atoms with Crippen LogP contribution in [0.15, 0.2) is 48.8 Å². The monoisotopic (exact) mass is 282 g/mol. The summed E-state index contributed by atoms with van der Waals surface area (Å²) in [5, 5.41) is 9.13. The van der Waals surface area contributed by atoms with Gasteiger partial charge in [-0.1, -0.05) is 18.2 Å². The predicted molar refractivity (Wildman–Crippen MR) is 86.4 cm³/mol. The van der Waals surface area contributed by atoms with Crippen LogP contribution >= 0.6 is 0 Å². The summed E-state index contributed by atoms with van der Waals surface area (Å²) in [6.07, 6.45) is 3.82. The molecule has 0 unspecified atom stereocenters. The number of fused-ring (bicyclic) bond motifs is 1. The van der Waals surface area contributed by atoms with E-state index in [2.05, 4.69) is 59.2 Å². The maximum atomic E-state index is 4.24. The zero-order valence-electron chi connectivity index (χ0n) is 12.7. The molecule has 0 fully saturated rings. The number of rotatable bonds is 6. The smallest absolute Gasteiger partial charge is 0.0559 e. The molecule has 4 heteroatoms. The number of hydrogen-bond donors (Lipinski definition) is 1. The molecular formula is C17H22N4. The Hall–Kier alpha value is -2.07. The number of hydrogen-bond acceptors (Lipinski definition) is 2. The van der Waals surface area contributed by atoms with E-state index in [1.165, 1.54) is 16.6 Å². The summed E-state index contributed by atoms with van der Waals surface area (Å²) >= 11 is 0. The lowest BCUT2D eigenvalue weighted by Gasteiger charge is -2.15. The molecule has 0 bridgehead atoms. The molecule has 0 aliphatic carbocycles. The molecule has 3 aromatic rings. The molecule has 4 nitrogen and oxygen atoms in total. The lowest BCUT2D eigenvalue weighted by molar-refractivity contribution is 0.440. The Bertz CT molecular complexity index is 697. The van der Waals surface area contributed by atoms with Crippen LogP contribution in [0.3, 0.4) is 0 Å². The minimum absolute atomic E-state index is 0.409. The van der Waals surface area contributed by atoms with Gasteiger partial charge in [-0.2, -0.15) is 5.10 Å². The first-order valence-electron chi connectivity index (χ1n) is 7.50. The third kappa shape index (κ3) is 3.16. The first-order valence-corrected chi connectivity index (χ1v) is 7.50. The Labute approximate surface area is 125 Å². The van der Waals surface area contributed by atoms with E-state index in [-0.39, 0.29) is 0 Å². The standard InChI is InChI=1S/C17H22N4/c1-14(13-20-10-5-8-19-20)18-9-11-21-15(2)12-16-6-3-4-7-17(16)21/h3-8,10,12,14,18H,9,11,13H2,1-2H3/t14-/m0/s1. The van der Waals surface area contributed by atoms with Gasteiger partial charge in [0.15, 0.2) is 0 Å². The maximum Gasteiger partial charge on any atom is 0.0559 e. The van der Waals surface area contributed by atoms with E-state index in [1.54, 1.807) is 0 Å². The van der Waals surface area contributed by atoms with Crippen molar-refractivity contribution < 1.29 is 0 Å².